The molecule has 0 aliphatic carbocycles. The Balaban J connectivity index is 1.68. The standard InChI is InChI=1S/C13H27N3/c1-12-11-13(14)5-8-16(12)10-9-15-6-3-2-4-7-15/h12-13H,2-11,14H2,1H3. The van der Waals surface area contributed by atoms with Crippen LogP contribution in [0.4, 0.5) is 0 Å². The molecule has 3 nitrogen and oxygen atoms in total. The summed E-state index contributed by atoms with van der Waals surface area (Å²) in [5.74, 6) is 0. The molecule has 0 aromatic heterocycles. The third-order valence-corrected chi connectivity index (χ3v) is 4.21. The average molecular weight is 225 g/mol. The fourth-order valence-electron chi connectivity index (χ4n) is 3.04. The van der Waals surface area contributed by atoms with Crippen molar-refractivity contribution in [3.63, 3.8) is 0 Å². The number of hydrogen-bond donors (Lipinski definition) is 1. The highest BCUT2D eigenvalue weighted by Crippen LogP contribution is 2.16. The molecule has 94 valence electrons. The summed E-state index contributed by atoms with van der Waals surface area (Å²) in [7, 11) is 0. The van der Waals surface area contributed by atoms with Gasteiger partial charge in [-0.05, 0) is 52.2 Å². The first-order chi connectivity index (χ1) is 7.75. The van der Waals surface area contributed by atoms with Crippen molar-refractivity contribution in [1.82, 2.24) is 9.80 Å². The molecule has 2 saturated heterocycles. The second-order valence-corrected chi connectivity index (χ2v) is 5.57. The number of likely N-dealkylation sites (tertiary alicyclic amines) is 2. The number of rotatable bonds is 3. The smallest absolute Gasteiger partial charge is 0.0112 e. The van der Waals surface area contributed by atoms with E-state index in [1.54, 1.807) is 0 Å². The molecule has 2 atom stereocenters. The third kappa shape index (κ3) is 3.44. The largest absolute Gasteiger partial charge is 0.328 e. The van der Waals surface area contributed by atoms with Gasteiger partial charge in [-0.2, -0.15) is 0 Å². The average Bonchev–Trinajstić information content (AvgIpc) is 2.29. The van der Waals surface area contributed by atoms with Gasteiger partial charge >= 0.3 is 0 Å². The summed E-state index contributed by atoms with van der Waals surface area (Å²) >= 11 is 0. The molecule has 0 amide bonds. The monoisotopic (exact) mass is 225 g/mol. The van der Waals surface area contributed by atoms with Crippen LogP contribution in [-0.2, 0) is 0 Å². The molecule has 0 spiro atoms. The van der Waals surface area contributed by atoms with Crippen LogP contribution in [0.3, 0.4) is 0 Å². The molecular weight excluding hydrogens is 198 g/mol. The molecule has 2 aliphatic heterocycles. The first-order valence-corrected chi connectivity index (χ1v) is 6.97. The van der Waals surface area contributed by atoms with Crippen LogP contribution in [0.2, 0.25) is 0 Å². The molecular formula is C13H27N3. The molecule has 0 aromatic rings. The van der Waals surface area contributed by atoms with Crippen molar-refractivity contribution < 1.29 is 0 Å². The maximum Gasteiger partial charge on any atom is 0.0112 e. The Morgan fingerprint density at radius 3 is 2.50 bits per heavy atom. The molecule has 0 radical (unpaired) electrons. The van der Waals surface area contributed by atoms with Gasteiger partial charge < -0.3 is 10.6 Å². The summed E-state index contributed by atoms with van der Waals surface area (Å²) in [4.78, 5) is 5.25. The van der Waals surface area contributed by atoms with Crippen LogP contribution in [0.5, 0.6) is 0 Å². The summed E-state index contributed by atoms with van der Waals surface area (Å²) in [5, 5.41) is 0. The molecule has 2 unspecified atom stereocenters. The van der Waals surface area contributed by atoms with Crippen LogP contribution in [0.25, 0.3) is 0 Å². The highest BCUT2D eigenvalue weighted by atomic mass is 15.2. The fourth-order valence-corrected chi connectivity index (χ4v) is 3.04. The van der Waals surface area contributed by atoms with Crippen LogP contribution in [-0.4, -0.2) is 54.6 Å². The Morgan fingerprint density at radius 2 is 1.81 bits per heavy atom. The molecule has 2 rings (SSSR count). The first kappa shape index (κ1) is 12.3. The van der Waals surface area contributed by atoms with Gasteiger partial charge in [0.1, 0.15) is 0 Å². The summed E-state index contributed by atoms with van der Waals surface area (Å²) in [5.41, 5.74) is 5.99. The van der Waals surface area contributed by atoms with E-state index in [2.05, 4.69) is 16.7 Å². The third-order valence-electron chi connectivity index (χ3n) is 4.21. The molecule has 2 aliphatic rings. The Morgan fingerprint density at radius 1 is 1.06 bits per heavy atom. The number of nitrogens with two attached hydrogens (primary N) is 1. The van der Waals surface area contributed by atoms with Gasteiger partial charge in [0.25, 0.3) is 0 Å². The van der Waals surface area contributed by atoms with E-state index in [0.29, 0.717) is 12.1 Å². The zero-order chi connectivity index (χ0) is 11.4. The lowest BCUT2D eigenvalue weighted by Crippen LogP contribution is -2.48. The lowest BCUT2D eigenvalue weighted by Gasteiger charge is -2.38. The van der Waals surface area contributed by atoms with Crippen molar-refractivity contribution in [1.29, 1.82) is 0 Å². The molecule has 2 heterocycles. The van der Waals surface area contributed by atoms with Gasteiger partial charge in [-0.25, -0.2) is 0 Å². The summed E-state index contributed by atoms with van der Waals surface area (Å²) in [6.45, 7) is 8.68. The van der Waals surface area contributed by atoms with Crippen LogP contribution < -0.4 is 5.73 Å². The van der Waals surface area contributed by atoms with Crippen molar-refractivity contribution in [2.45, 2.75) is 51.1 Å². The predicted octanol–water partition coefficient (Wildman–Crippen LogP) is 1.28. The lowest BCUT2D eigenvalue weighted by molar-refractivity contribution is 0.119. The van der Waals surface area contributed by atoms with Crippen molar-refractivity contribution in [2.75, 3.05) is 32.7 Å². The fraction of sp³-hybridized carbons (Fsp3) is 1.00. The van der Waals surface area contributed by atoms with Crippen LogP contribution in [0, 0.1) is 0 Å². The highest BCUT2D eigenvalue weighted by Gasteiger charge is 2.23. The topological polar surface area (TPSA) is 32.5 Å². The summed E-state index contributed by atoms with van der Waals surface area (Å²) in [6, 6.07) is 1.13. The normalized spacial score (nSPS) is 34.1. The Hall–Kier alpha value is -0.120. The van der Waals surface area contributed by atoms with E-state index in [1.165, 1.54) is 64.8 Å². The van der Waals surface area contributed by atoms with Gasteiger partial charge in [-0.1, -0.05) is 6.42 Å². The first-order valence-electron chi connectivity index (χ1n) is 6.97. The zero-order valence-corrected chi connectivity index (χ0v) is 10.7. The molecule has 2 fully saturated rings. The summed E-state index contributed by atoms with van der Waals surface area (Å²) in [6.07, 6.45) is 6.61. The van der Waals surface area contributed by atoms with E-state index >= 15 is 0 Å². The number of piperidine rings is 2. The van der Waals surface area contributed by atoms with Gasteiger partial charge in [-0.3, -0.25) is 4.90 Å². The van der Waals surface area contributed by atoms with E-state index in [1.807, 2.05) is 0 Å². The summed E-state index contributed by atoms with van der Waals surface area (Å²) < 4.78 is 0. The van der Waals surface area contributed by atoms with Crippen molar-refractivity contribution in [3.8, 4) is 0 Å². The molecule has 16 heavy (non-hydrogen) atoms. The second kappa shape index (κ2) is 5.99. The molecule has 0 bridgehead atoms. The van der Waals surface area contributed by atoms with E-state index in [4.69, 9.17) is 5.73 Å². The van der Waals surface area contributed by atoms with Crippen molar-refractivity contribution >= 4 is 0 Å². The van der Waals surface area contributed by atoms with E-state index in [-0.39, 0.29) is 0 Å². The quantitative estimate of drug-likeness (QED) is 0.785. The van der Waals surface area contributed by atoms with Crippen LogP contribution in [0.1, 0.15) is 39.0 Å². The predicted molar refractivity (Wildman–Crippen MR) is 68.5 cm³/mol. The minimum atomic E-state index is 0.446. The van der Waals surface area contributed by atoms with Crippen molar-refractivity contribution in [3.05, 3.63) is 0 Å². The SMILES string of the molecule is CC1CC(N)CCN1CCN1CCCCC1. The lowest BCUT2D eigenvalue weighted by atomic mass is 9.99. The molecule has 0 aromatic carbocycles. The van der Waals surface area contributed by atoms with Gasteiger partial charge in [0.15, 0.2) is 0 Å². The minimum Gasteiger partial charge on any atom is -0.328 e. The van der Waals surface area contributed by atoms with Gasteiger partial charge in [0.05, 0.1) is 0 Å². The van der Waals surface area contributed by atoms with Gasteiger partial charge in [0.2, 0.25) is 0 Å². The van der Waals surface area contributed by atoms with E-state index < -0.39 is 0 Å². The van der Waals surface area contributed by atoms with Gasteiger partial charge in [-0.15, -0.1) is 0 Å². The Labute approximate surface area is 100.0 Å². The van der Waals surface area contributed by atoms with E-state index in [9.17, 15) is 0 Å². The minimum absolute atomic E-state index is 0.446. The molecule has 0 saturated carbocycles. The van der Waals surface area contributed by atoms with Gasteiger partial charge in [0, 0.05) is 25.2 Å². The van der Waals surface area contributed by atoms with Crippen LogP contribution >= 0.6 is 0 Å². The maximum atomic E-state index is 5.99. The number of hydrogen-bond acceptors (Lipinski definition) is 3. The van der Waals surface area contributed by atoms with E-state index in [0.717, 1.165) is 0 Å². The highest BCUT2D eigenvalue weighted by molar-refractivity contribution is 4.81. The zero-order valence-electron chi connectivity index (χ0n) is 10.7. The van der Waals surface area contributed by atoms with Crippen molar-refractivity contribution in [2.24, 2.45) is 5.73 Å². The van der Waals surface area contributed by atoms with Crippen LogP contribution in [0.15, 0.2) is 0 Å². The number of nitrogens with zero attached hydrogens (tertiary/aromatic N) is 2. The Bertz CT molecular complexity index is 201. The second-order valence-electron chi connectivity index (χ2n) is 5.57. The molecule has 2 N–H and O–H groups in total. The Kier molecular flexibility index (Phi) is 4.62. The molecule has 3 heteroatoms. The maximum absolute atomic E-state index is 5.99.